The number of carboxylic acid groups (broad SMARTS) is 1. The topological polar surface area (TPSA) is 115 Å². The van der Waals surface area contributed by atoms with Gasteiger partial charge in [0, 0.05) is 5.92 Å². The summed E-state index contributed by atoms with van der Waals surface area (Å²) in [4.78, 5) is 28.3. The van der Waals surface area contributed by atoms with E-state index in [1.165, 1.54) is 0 Å². The highest BCUT2D eigenvalue weighted by atomic mass is 16.5. The fraction of sp³-hybridized carbons (Fsp3) is 0.476. The average molecular weight is 387 g/mol. The molecule has 0 saturated carbocycles. The number of carbonyl (C=O) groups excluding carboxylic acids is 1. The molecule has 0 saturated heterocycles. The maximum Gasteiger partial charge on any atom is 0.339 e. The number of aryl methyl sites for hydroxylation is 1. The largest absolute Gasteiger partial charge is 0.490 e. The van der Waals surface area contributed by atoms with Gasteiger partial charge < -0.3 is 20.9 Å². The zero-order chi connectivity index (χ0) is 21.1. The van der Waals surface area contributed by atoms with Crippen LogP contribution in [0.15, 0.2) is 18.2 Å². The van der Waals surface area contributed by atoms with Crippen LogP contribution in [0, 0.1) is 12.8 Å². The molecule has 1 aromatic heterocycles. The van der Waals surface area contributed by atoms with E-state index in [4.69, 9.17) is 10.5 Å². The van der Waals surface area contributed by atoms with Crippen molar-refractivity contribution in [1.82, 2.24) is 10.3 Å². The lowest BCUT2D eigenvalue weighted by Crippen LogP contribution is -2.49. The van der Waals surface area contributed by atoms with Crippen LogP contribution in [0.5, 0.6) is 5.75 Å². The molecule has 2 rings (SSSR count). The Bertz CT molecular complexity index is 889. The lowest BCUT2D eigenvalue weighted by molar-refractivity contribution is -0.127. The van der Waals surface area contributed by atoms with E-state index in [1.807, 2.05) is 27.7 Å². The molecule has 2 aromatic rings. The highest BCUT2D eigenvalue weighted by Crippen LogP contribution is 2.33. The number of rotatable bonds is 8. The van der Waals surface area contributed by atoms with Gasteiger partial charge in [0.2, 0.25) is 5.91 Å². The smallest absolute Gasteiger partial charge is 0.339 e. The highest BCUT2D eigenvalue weighted by molar-refractivity contribution is 6.06. The van der Waals surface area contributed by atoms with Crippen molar-refractivity contribution in [3.63, 3.8) is 0 Å². The number of hydrogen-bond acceptors (Lipinski definition) is 5. The van der Waals surface area contributed by atoms with Crippen LogP contribution in [0.2, 0.25) is 0 Å². The molecule has 7 heteroatoms. The predicted octanol–water partition coefficient (Wildman–Crippen LogP) is 3.53. The zero-order valence-electron chi connectivity index (χ0n) is 17.1. The van der Waals surface area contributed by atoms with Crippen LogP contribution >= 0.6 is 0 Å². The molecule has 0 radical (unpaired) electrons. The minimum Gasteiger partial charge on any atom is -0.490 e. The minimum absolute atomic E-state index is 0.00138. The van der Waals surface area contributed by atoms with Crippen LogP contribution in [0.25, 0.3) is 10.9 Å². The SMILES string of the molecule is CCC(CC)C(=O)NC(C)(C)COc1cccc2nc(C)c(C(=O)O)c(N)c12. The van der Waals surface area contributed by atoms with Gasteiger partial charge in [-0.25, -0.2) is 4.79 Å². The normalized spacial score (nSPS) is 11.6. The van der Waals surface area contributed by atoms with Crippen LogP contribution in [-0.4, -0.2) is 34.1 Å². The number of carboxylic acids is 1. The number of hydrogen-bond donors (Lipinski definition) is 3. The van der Waals surface area contributed by atoms with Crippen molar-refractivity contribution in [3.8, 4) is 5.75 Å². The highest BCUT2D eigenvalue weighted by Gasteiger charge is 2.26. The molecule has 1 heterocycles. The summed E-state index contributed by atoms with van der Waals surface area (Å²) in [5.41, 5.74) is 6.57. The summed E-state index contributed by atoms with van der Waals surface area (Å²) < 4.78 is 5.96. The van der Waals surface area contributed by atoms with Gasteiger partial charge in [0.05, 0.1) is 27.8 Å². The lowest BCUT2D eigenvalue weighted by Gasteiger charge is -2.28. The number of amides is 1. The Kier molecular flexibility index (Phi) is 6.48. The maximum atomic E-state index is 12.4. The molecule has 0 atom stereocenters. The molecule has 0 aliphatic rings. The van der Waals surface area contributed by atoms with Gasteiger partial charge in [-0.3, -0.25) is 9.78 Å². The molecule has 1 aromatic carbocycles. The number of nitrogens with zero attached hydrogens (tertiary/aromatic N) is 1. The molecule has 0 unspecified atom stereocenters. The van der Waals surface area contributed by atoms with E-state index in [2.05, 4.69) is 10.3 Å². The second-order valence-electron chi connectivity index (χ2n) is 7.62. The molecular weight excluding hydrogens is 358 g/mol. The van der Waals surface area contributed by atoms with Gasteiger partial charge in [0.15, 0.2) is 0 Å². The zero-order valence-corrected chi connectivity index (χ0v) is 17.1. The molecule has 152 valence electrons. The standard InChI is InChI=1S/C21H29N3O4/c1-6-13(7-2)19(25)24-21(4,5)11-28-15-10-8-9-14-17(15)18(22)16(20(26)27)12(3)23-14/h8-10,13H,6-7,11H2,1-5H3,(H2,22,23)(H,24,25)(H,26,27). The summed E-state index contributed by atoms with van der Waals surface area (Å²) in [6, 6.07) is 5.26. The van der Waals surface area contributed by atoms with Crippen molar-refractivity contribution in [2.45, 2.75) is 53.0 Å². The van der Waals surface area contributed by atoms with E-state index in [0.29, 0.717) is 22.3 Å². The minimum atomic E-state index is -1.13. The quantitative estimate of drug-likeness (QED) is 0.638. The van der Waals surface area contributed by atoms with E-state index in [1.54, 1.807) is 25.1 Å². The number of carbonyl (C=O) groups is 2. The maximum absolute atomic E-state index is 12.4. The van der Waals surface area contributed by atoms with Gasteiger partial charge >= 0.3 is 5.97 Å². The van der Waals surface area contributed by atoms with Crippen LogP contribution in [0.1, 0.15) is 56.6 Å². The van der Waals surface area contributed by atoms with Crippen LogP contribution in [-0.2, 0) is 4.79 Å². The molecule has 0 aliphatic carbocycles. The number of ether oxygens (including phenoxy) is 1. The first-order chi connectivity index (χ1) is 13.1. The third-order valence-corrected chi connectivity index (χ3v) is 4.81. The Morgan fingerprint density at radius 2 is 1.93 bits per heavy atom. The Hall–Kier alpha value is -2.83. The number of nitrogens with two attached hydrogens (primary N) is 1. The third-order valence-electron chi connectivity index (χ3n) is 4.81. The number of nitrogen functional groups attached to an aromatic ring is 1. The van der Waals surface area contributed by atoms with Gasteiger partial charge in [0.25, 0.3) is 0 Å². The summed E-state index contributed by atoms with van der Waals surface area (Å²) in [5.74, 6) is -0.717. The molecule has 28 heavy (non-hydrogen) atoms. The fourth-order valence-electron chi connectivity index (χ4n) is 3.22. The Morgan fingerprint density at radius 1 is 1.29 bits per heavy atom. The van der Waals surface area contributed by atoms with Crippen molar-refractivity contribution in [3.05, 3.63) is 29.5 Å². The van der Waals surface area contributed by atoms with Gasteiger partial charge in [0.1, 0.15) is 17.9 Å². The van der Waals surface area contributed by atoms with Gasteiger partial charge in [-0.2, -0.15) is 0 Å². The van der Waals surface area contributed by atoms with Gasteiger partial charge in [-0.1, -0.05) is 19.9 Å². The average Bonchev–Trinajstić information content (AvgIpc) is 2.60. The van der Waals surface area contributed by atoms with Crippen molar-refractivity contribution >= 4 is 28.5 Å². The summed E-state index contributed by atoms with van der Waals surface area (Å²) in [5, 5.41) is 12.9. The Morgan fingerprint density at radius 3 is 2.50 bits per heavy atom. The molecular formula is C21H29N3O4. The summed E-state index contributed by atoms with van der Waals surface area (Å²) >= 11 is 0. The fourth-order valence-corrected chi connectivity index (χ4v) is 3.22. The first-order valence-corrected chi connectivity index (χ1v) is 9.48. The van der Waals surface area contributed by atoms with Crippen LogP contribution < -0.4 is 15.8 Å². The first kappa shape index (κ1) is 21.5. The number of anilines is 1. The van der Waals surface area contributed by atoms with Crippen molar-refractivity contribution < 1.29 is 19.4 Å². The van der Waals surface area contributed by atoms with Crippen molar-refractivity contribution in [2.75, 3.05) is 12.3 Å². The van der Waals surface area contributed by atoms with Crippen molar-refractivity contribution in [2.24, 2.45) is 5.92 Å². The van der Waals surface area contributed by atoms with Crippen molar-refractivity contribution in [1.29, 1.82) is 0 Å². The van der Waals surface area contributed by atoms with Gasteiger partial charge in [-0.15, -0.1) is 0 Å². The molecule has 0 fully saturated rings. The van der Waals surface area contributed by atoms with E-state index in [0.717, 1.165) is 12.8 Å². The molecule has 0 aliphatic heterocycles. The number of benzene rings is 1. The Labute approximate surface area is 165 Å². The Balaban J connectivity index is 2.30. The molecule has 0 spiro atoms. The summed E-state index contributed by atoms with van der Waals surface area (Å²) in [6.45, 7) is 9.56. The monoisotopic (exact) mass is 387 g/mol. The molecule has 7 nitrogen and oxygen atoms in total. The molecule has 1 amide bonds. The van der Waals surface area contributed by atoms with E-state index in [9.17, 15) is 14.7 Å². The second-order valence-corrected chi connectivity index (χ2v) is 7.62. The van der Waals surface area contributed by atoms with Gasteiger partial charge in [-0.05, 0) is 45.7 Å². The van der Waals surface area contributed by atoms with E-state index < -0.39 is 11.5 Å². The molecule has 0 bridgehead atoms. The predicted molar refractivity (Wildman–Crippen MR) is 110 cm³/mol. The van der Waals surface area contributed by atoms with E-state index in [-0.39, 0.29) is 29.7 Å². The second kappa shape index (κ2) is 8.46. The molecule has 4 N–H and O–H groups in total. The summed E-state index contributed by atoms with van der Waals surface area (Å²) in [6.07, 6.45) is 1.56. The van der Waals surface area contributed by atoms with Crippen LogP contribution in [0.3, 0.4) is 0 Å². The van der Waals surface area contributed by atoms with E-state index >= 15 is 0 Å². The van der Waals surface area contributed by atoms with Crippen LogP contribution in [0.4, 0.5) is 5.69 Å². The summed E-state index contributed by atoms with van der Waals surface area (Å²) in [7, 11) is 0. The first-order valence-electron chi connectivity index (χ1n) is 9.48. The number of aromatic carboxylic acids is 1. The number of aromatic nitrogens is 1. The lowest BCUT2D eigenvalue weighted by atomic mass is 9.99. The third kappa shape index (κ3) is 4.52. The number of fused-ring (bicyclic) bond motifs is 1. The number of nitrogens with one attached hydrogen (secondary N) is 1. The number of pyridine rings is 1.